The Morgan fingerprint density at radius 1 is 1.50 bits per heavy atom. The van der Waals surface area contributed by atoms with Gasteiger partial charge in [0.15, 0.2) is 0 Å². The molecule has 0 heterocycles. The zero-order chi connectivity index (χ0) is 8.20. The minimum Gasteiger partial charge on any atom is -0.318 e. The van der Waals surface area contributed by atoms with Crippen molar-refractivity contribution >= 4 is 0 Å². The normalized spacial score (nSPS) is 14.8. The zero-order valence-corrected chi connectivity index (χ0v) is 7.23. The maximum atomic E-state index is 6.90. The third-order valence-corrected chi connectivity index (χ3v) is 1.55. The van der Waals surface area contributed by atoms with Crippen molar-refractivity contribution in [2.45, 2.75) is 26.8 Å². The minimum atomic E-state index is 0.0949. The molecule has 0 aliphatic rings. The van der Waals surface area contributed by atoms with Gasteiger partial charge in [0, 0.05) is 6.54 Å². The molecule has 0 saturated carbocycles. The Morgan fingerprint density at radius 2 is 2.00 bits per heavy atom. The van der Waals surface area contributed by atoms with Crippen LogP contribution in [0.25, 0.3) is 0 Å². The Morgan fingerprint density at radius 3 is 2.10 bits per heavy atom. The number of hydrogen-bond acceptors (Lipinski definition) is 3. The third-order valence-electron chi connectivity index (χ3n) is 1.55. The van der Waals surface area contributed by atoms with E-state index >= 15 is 0 Å². The van der Waals surface area contributed by atoms with E-state index in [0.29, 0.717) is 0 Å². The summed E-state index contributed by atoms with van der Waals surface area (Å²) in [5.74, 6) is 0. The maximum absolute atomic E-state index is 6.90. The van der Waals surface area contributed by atoms with Gasteiger partial charge in [0.05, 0.1) is 6.04 Å². The van der Waals surface area contributed by atoms with E-state index in [1.165, 1.54) is 0 Å². The van der Waals surface area contributed by atoms with E-state index in [0.717, 1.165) is 6.54 Å². The molecule has 0 aliphatic carbocycles. The highest BCUT2D eigenvalue weighted by molar-refractivity contribution is 4.79. The van der Waals surface area contributed by atoms with E-state index in [2.05, 4.69) is 31.2 Å². The molecule has 60 valence electrons. The largest absolute Gasteiger partial charge is 0.318 e. The topological polar surface area (TPSA) is 48.2 Å². The van der Waals surface area contributed by atoms with E-state index in [1.807, 2.05) is 7.05 Å². The fourth-order valence-corrected chi connectivity index (χ4v) is 0.739. The molecule has 0 amide bonds. The standard InChI is InChI=1S/C7H17N3/c1-7(2,3)6(10-8)5-9-4/h6,8-9H,5H2,1-4H3/t6-/m0/s1. The lowest BCUT2D eigenvalue weighted by Crippen LogP contribution is -2.33. The number of nitrogens with zero attached hydrogens (tertiary/aromatic N) is 1. The lowest BCUT2D eigenvalue weighted by molar-refractivity contribution is 0.303. The molecule has 0 bridgehead atoms. The van der Waals surface area contributed by atoms with E-state index in [-0.39, 0.29) is 11.5 Å². The van der Waals surface area contributed by atoms with Gasteiger partial charge in [-0.25, -0.2) is 5.53 Å². The first-order valence-electron chi connectivity index (χ1n) is 3.53. The Labute approximate surface area is 62.7 Å². The first-order chi connectivity index (χ1) is 4.52. The Bertz CT molecular complexity index is 104. The lowest BCUT2D eigenvalue weighted by atomic mass is 9.87. The highest BCUT2D eigenvalue weighted by atomic mass is 15.0. The molecule has 0 saturated heterocycles. The summed E-state index contributed by atoms with van der Waals surface area (Å²) in [6, 6.07) is 0.0949. The number of hydrogen-bond donors (Lipinski definition) is 2. The molecule has 0 spiro atoms. The summed E-state index contributed by atoms with van der Waals surface area (Å²) in [4.78, 5) is 0. The molecule has 0 aromatic rings. The highest BCUT2D eigenvalue weighted by Gasteiger charge is 2.22. The summed E-state index contributed by atoms with van der Waals surface area (Å²) >= 11 is 0. The monoisotopic (exact) mass is 143 g/mol. The SMILES string of the molecule is CNC[C@H](N=N)C(C)(C)C. The Hall–Kier alpha value is -0.440. The average Bonchev–Trinajstić information content (AvgIpc) is 1.80. The third kappa shape index (κ3) is 2.92. The van der Waals surface area contributed by atoms with Gasteiger partial charge in [0.2, 0.25) is 0 Å². The molecule has 2 N–H and O–H groups in total. The summed E-state index contributed by atoms with van der Waals surface area (Å²) < 4.78 is 0. The molecular weight excluding hydrogens is 126 g/mol. The van der Waals surface area contributed by atoms with Crippen LogP contribution in [-0.2, 0) is 0 Å². The lowest BCUT2D eigenvalue weighted by Gasteiger charge is -2.25. The van der Waals surface area contributed by atoms with Crippen LogP contribution in [0.15, 0.2) is 5.11 Å². The maximum Gasteiger partial charge on any atom is 0.0877 e. The zero-order valence-electron chi connectivity index (χ0n) is 7.23. The quantitative estimate of drug-likeness (QED) is 0.580. The second-order valence-corrected chi connectivity index (χ2v) is 3.57. The van der Waals surface area contributed by atoms with E-state index in [4.69, 9.17) is 5.53 Å². The molecule has 0 fully saturated rings. The van der Waals surface area contributed by atoms with Crippen LogP contribution in [-0.4, -0.2) is 19.6 Å². The van der Waals surface area contributed by atoms with Crippen molar-refractivity contribution in [3.05, 3.63) is 0 Å². The van der Waals surface area contributed by atoms with Crippen LogP contribution in [0.3, 0.4) is 0 Å². The van der Waals surface area contributed by atoms with Gasteiger partial charge in [-0.1, -0.05) is 20.8 Å². The first-order valence-corrected chi connectivity index (χ1v) is 3.53. The smallest absolute Gasteiger partial charge is 0.0877 e. The van der Waals surface area contributed by atoms with Gasteiger partial charge in [0.25, 0.3) is 0 Å². The van der Waals surface area contributed by atoms with Gasteiger partial charge in [-0.05, 0) is 12.5 Å². The molecule has 0 rings (SSSR count). The van der Waals surface area contributed by atoms with Crippen molar-refractivity contribution in [3.8, 4) is 0 Å². The van der Waals surface area contributed by atoms with Gasteiger partial charge in [-0.2, -0.15) is 5.11 Å². The Balaban J connectivity index is 3.93. The van der Waals surface area contributed by atoms with Crippen LogP contribution in [0, 0.1) is 10.9 Å². The van der Waals surface area contributed by atoms with Crippen molar-refractivity contribution in [2.75, 3.05) is 13.6 Å². The van der Waals surface area contributed by atoms with Crippen molar-refractivity contribution in [3.63, 3.8) is 0 Å². The predicted octanol–water partition coefficient (Wildman–Crippen LogP) is 1.65. The van der Waals surface area contributed by atoms with E-state index in [1.54, 1.807) is 0 Å². The summed E-state index contributed by atoms with van der Waals surface area (Å²) in [7, 11) is 1.88. The van der Waals surface area contributed by atoms with Gasteiger partial charge in [-0.3, -0.25) is 0 Å². The molecule has 1 atom stereocenters. The number of rotatable bonds is 3. The molecule has 0 aliphatic heterocycles. The van der Waals surface area contributed by atoms with Crippen molar-refractivity contribution < 1.29 is 0 Å². The fraction of sp³-hybridized carbons (Fsp3) is 1.00. The number of likely N-dealkylation sites (N-methyl/N-ethyl adjacent to an activating group) is 1. The molecule has 0 unspecified atom stereocenters. The van der Waals surface area contributed by atoms with E-state index in [9.17, 15) is 0 Å². The first kappa shape index (κ1) is 9.56. The average molecular weight is 143 g/mol. The second-order valence-electron chi connectivity index (χ2n) is 3.57. The van der Waals surface area contributed by atoms with Crippen LogP contribution in [0.5, 0.6) is 0 Å². The van der Waals surface area contributed by atoms with Gasteiger partial charge in [-0.15, -0.1) is 0 Å². The van der Waals surface area contributed by atoms with Crippen molar-refractivity contribution in [2.24, 2.45) is 10.5 Å². The fourth-order valence-electron chi connectivity index (χ4n) is 0.739. The van der Waals surface area contributed by atoms with Crippen LogP contribution < -0.4 is 5.32 Å². The second kappa shape index (κ2) is 3.66. The van der Waals surface area contributed by atoms with Crippen LogP contribution in [0.4, 0.5) is 0 Å². The van der Waals surface area contributed by atoms with Crippen LogP contribution in [0.2, 0.25) is 0 Å². The summed E-state index contributed by atoms with van der Waals surface area (Å²) in [5.41, 5.74) is 7.01. The van der Waals surface area contributed by atoms with Crippen LogP contribution >= 0.6 is 0 Å². The molecule has 0 aromatic heterocycles. The molecule has 0 aromatic carbocycles. The predicted molar refractivity (Wildman–Crippen MR) is 42.3 cm³/mol. The molecular formula is C7H17N3. The minimum absolute atomic E-state index is 0.0949. The summed E-state index contributed by atoms with van der Waals surface area (Å²) in [5, 5.41) is 6.55. The highest BCUT2D eigenvalue weighted by Crippen LogP contribution is 2.21. The number of nitrogens with one attached hydrogen (secondary N) is 2. The summed E-state index contributed by atoms with van der Waals surface area (Å²) in [6.45, 7) is 7.06. The summed E-state index contributed by atoms with van der Waals surface area (Å²) in [6.07, 6.45) is 0. The van der Waals surface area contributed by atoms with Gasteiger partial charge in [0.1, 0.15) is 0 Å². The molecule has 3 nitrogen and oxygen atoms in total. The molecule has 0 radical (unpaired) electrons. The molecule has 10 heavy (non-hydrogen) atoms. The Kier molecular flexibility index (Phi) is 3.50. The van der Waals surface area contributed by atoms with Gasteiger partial charge >= 0.3 is 0 Å². The van der Waals surface area contributed by atoms with Gasteiger partial charge < -0.3 is 5.32 Å². The van der Waals surface area contributed by atoms with Crippen LogP contribution in [0.1, 0.15) is 20.8 Å². The van der Waals surface area contributed by atoms with Crippen molar-refractivity contribution in [1.29, 1.82) is 5.53 Å². The van der Waals surface area contributed by atoms with E-state index < -0.39 is 0 Å². The molecule has 3 heteroatoms. The van der Waals surface area contributed by atoms with Crippen molar-refractivity contribution in [1.82, 2.24) is 5.32 Å².